The van der Waals surface area contributed by atoms with Gasteiger partial charge in [-0.3, -0.25) is 4.90 Å². The zero-order valence-electron chi connectivity index (χ0n) is 14.0. The molecule has 1 aromatic carbocycles. The Morgan fingerprint density at radius 3 is 2.17 bits per heavy atom. The predicted molar refractivity (Wildman–Crippen MR) is 92.4 cm³/mol. The van der Waals surface area contributed by atoms with Gasteiger partial charge in [-0.05, 0) is 62.8 Å². The Labute approximate surface area is 148 Å². The summed E-state index contributed by atoms with van der Waals surface area (Å²) in [5.74, 6) is 0.902. The van der Waals surface area contributed by atoms with Crippen molar-refractivity contribution >= 4 is 12.4 Å². The molecule has 0 amide bonds. The number of halogens is 4. The van der Waals surface area contributed by atoms with Crippen molar-refractivity contribution in [3.63, 3.8) is 0 Å². The van der Waals surface area contributed by atoms with E-state index in [1.165, 1.54) is 25.0 Å². The number of hydrogen-bond acceptors (Lipinski definition) is 2. The fourth-order valence-electron chi connectivity index (χ4n) is 3.31. The molecule has 1 heterocycles. The summed E-state index contributed by atoms with van der Waals surface area (Å²) in [6, 6.07) is 6.38. The SMILES string of the molecule is CC(c1ccc(C(F)(F)F)cc1)N1CCC(NCC2CC2)CC1.Cl. The van der Waals surface area contributed by atoms with Gasteiger partial charge in [-0.2, -0.15) is 13.2 Å². The van der Waals surface area contributed by atoms with Crippen LogP contribution >= 0.6 is 12.4 Å². The predicted octanol–water partition coefficient (Wildman–Crippen LogP) is 4.65. The van der Waals surface area contributed by atoms with Crippen LogP contribution in [0.4, 0.5) is 13.2 Å². The maximum absolute atomic E-state index is 12.6. The molecule has 24 heavy (non-hydrogen) atoms. The van der Waals surface area contributed by atoms with E-state index < -0.39 is 11.7 Å². The number of piperidine rings is 1. The van der Waals surface area contributed by atoms with Crippen molar-refractivity contribution in [1.82, 2.24) is 10.2 Å². The first kappa shape index (κ1) is 19.5. The number of hydrogen-bond donors (Lipinski definition) is 1. The minimum absolute atomic E-state index is 0. The zero-order chi connectivity index (χ0) is 16.4. The smallest absolute Gasteiger partial charge is 0.314 e. The number of nitrogens with zero attached hydrogens (tertiary/aromatic N) is 1. The zero-order valence-corrected chi connectivity index (χ0v) is 14.8. The quantitative estimate of drug-likeness (QED) is 0.820. The van der Waals surface area contributed by atoms with Gasteiger partial charge in [-0.25, -0.2) is 0 Å². The first-order valence-corrected chi connectivity index (χ1v) is 8.58. The van der Waals surface area contributed by atoms with Crippen LogP contribution in [0.5, 0.6) is 0 Å². The van der Waals surface area contributed by atoms with Crippen molar-refractivity contribution in [2.75, 3.05) is 19.6 Å². The van der Waals surface area contributed by atoms with E-state index in [4.69, 9.17) is 0 Å². The minimum atomic E-state index is -4.26. The first-order valence-electron chi connectivity index (χ1n) is 8.58. The molecule has 1 atom stereocenters. The van der Waals surface area contributed by atoms with Crippen LogP contribution in [0.25, 0.3) is 0 Å². The molecule has 0 spiro atoms. The molecule has 6 heteroatoms. The second-order valence-electron chi connectivity index (χ2n) is 6.96. The molecule has 136 valence electrons. The van der Waals surface area contributed by atoms with Crippen molar-refractivity contribution in [2.45, 2.75) is 50.9 Å². The van der Waals surface area contributed by atoms with Crippen LogP contribution < -0.4 is 5.32 Å². The standard InChI is InChI=1S/C18H25F3N2.ClH/c1-13(15-4-6-16(7-5-15)18(19,20)21)23-10-8-17(9-11-23)22-12-14-2-3-14;/h4-7,13-14,17,22H,2-3,8-12H2,1H3;1H. The topological polar surface area (TPSA) is 15.3 Å². The molecule has 1 N–H and O–H groups in total. The Bertz CT molecular complexity index is 506. The van der Waals surface area contributed by atoms with Gasteiger partial charge in [-0.1, -0.05) is 12.1 Å². The largest absolute Gasteiger partial charge is 0.416 e. The van der Waals surface area contributed by atoms with E-state index in [9.17, 15) is 13.2 Å². The van der Waals surface area contributed by atoms with Crippen molar-refractivity contribution in [2.24, 2.45) is 5.92 Å². The Hall–Kier alpha value is -0.780. The highest BCUT2D eigenvalue weighted by molar-refractivity contribution is 5.85. The summed E-state index contributed by atoms with van der Waals surface area (Å²) < 4.78 is 37.9. The Morgan fingerprint density at radius 1 is 1.08 bits per heavy atom. The van der Waals surface area contributed by atoms with Crippen LogP contribution in [0.1, 0.15) is 49.8 Å². The minimum Gasteiger partial charge on any atom is -0.314 e. The molecule has 1 saturated carbocycles. The summed E-state index contributed by atoms with van der Waals surface area (Å²) in [6.45, 7) is 5.24. The Balaban J connectivity index is 0.00000208. The number of rotatable bonds is 5. The van der Waals surface area contributed by atoms with Crippen LogP contribution in [0, 0.1) is 5.92 Å². The van der Waals surface area contributed by atoms with E-state index in [1.54, 1.807) is 12.1 Å². The molecule has 0 aromatic heterocycles. The first-order chi connectivity index (χ1) is 10.9. The molecule has 0 radical (unpaired) electrons. The van der Waals surface area contributed by atoms with E-state index in [2.05, 4.69) is 17.1 Å². The number of benzene rings is 1. The van der Waals surface area contributed by atoms with Crippen LogP contribution in [0.3, 0.4) is 0 Å². The van der Waals surface area contributed by atoms with Crippen LogP contribution in [0.2, 0.25) is 0 Å². The van der Waals surface area contributed by atoms with Gasteiger partial charge in [-0.15, -0.1) is 12.4 Å². The maximum Gasteiger partial charge on any atom is 0.416 e. The third kappa shape index (κ3) is 5.11. The Morgan fingerprint density at radius 2 is 1.67 bits per heavy atom. The summed E-state index contributed by atoms with van der Waals surface area (Å²) in [5.41, 5.74) is 0.388. The van der Waals surface area contributed by atoms with Crippen LogP contribution in [0.15, 0.2) is 24.3 Å². The molecule has 1 saturated heterocycles. The van der Waals surface area contributed by atoms with Crippen molar-refractivity contribution < 1.29 is 13.2 Å². The van der Waals surface area contributed by atoms with Gasteiger partial charge >= 0.3 is 6.18 Å². The number of alkyl halides is 3. The van der Waals surface area contributed by atoms with E-state index in [0.717, 1.165) is 44.0 Å². The fourth-order valence-corrected chi connectivity index (χ4v) is 3.31. The molecule has 0 bridgehead atoms. The van der Waals surface area contributed by atoms with Crippen LogP contribution in [-0.2, 0) is 6.18 Å². The average Bonchev–Trinajstić information content (AvgIpc) is 3.36. The lowest BCUT2D eigenvalue weighted by Crippen LogP contribution is -2.43. The van der Waals surface area contributed by atoms with Crippen molar-refractivity contribution in [3.8, 4) is 0 Å². The maximum atomic E-state index is 12.6. The summed E-state index contributed by atoms with van der Waals surface area (Å²) in [4.78, 5) is 2.37. The lowest BCUT2D eigenvalue weighted by Gasteiger charge is -2.36. The highest BCUT2D eigenvalue weighted by Crippen LogP contribution is 2.32. The summed E-state index contributed by atoms with van der Waals surface area (Å²) in [6.07, 6.45) is 0.732. The second-order valence-corrected chi connectivity index (χ2v) is 6.96. The van der Waals surface area contributed by atoms with Crippen molar-refractivity contribution in [1.29, 1.82) is 0 Å². The van der Waals surface area contributed by atoms with E-state index in [-0.39, 0.29) is 18.4 Å². The molecule has 1 aromatic rings. The molecule has 1 aliphatic heterocycles. The second kappa shape index (κ2) is 8.07. The van der Waals surface area contributed by atoms with Crippen LogP contribution in [-0.4, -0.2) is 30.6 Å². The van der Waals surface area contributed by atoms with Gasteiger partial charge in [0.05, 0.1) is 5.56 Å². The highest BCUT2D eigenvalue weighted by atomic mass is 35.5. The van der Waals surface area contributed by atoms with Gasteiger partial charge in [0.2, 0.25) is 0 Å². The molecular weight excluding hydrogens is 337 g/mol. The number of nitrogens with one attached hydrogen (secondary N) is 1. The molecule has 1 aliphatic carbocycles. The average molecular weight is 363 g/mol. The van der Waals surface area contributed by atoms with Crippen molar-refractivity contribution in [3.05, 3.63) is 35.4 Å². The molecule has 1 unspecified atom stereocenters. The summed E-state index contributed by atoms with van der Waals surface area (Å²) >= 11 is 0. The molecule has 2 fully saturated rings. The highest BCUT2D eigenvalue weighted by Gasteiger charge is 2.31. The molecule has 3 rings (SSSR count). The Kier molecular flexibility index (Phi) is 6.57. The summed E-state index contributed by atoms with van der Waals surface area (Å²) in [7, 11) is 0. The molecule has 2 nitrogen and oxygen atoms in total. The van der Waals surface area contributed by atoms with Gasteiger partial charge in [0.1, 0.15) is 0 Å². The lowest BCUT2D eigenvalue weighted by molar-refractivity contribution is -0.137. The third-order valence-electron chi connectivity index (χ3n) is 5.19. The molecular formula is C18H26ClF3N2. The van der Waals surface area contributed by atoms with Gasteiger partial charge in [0, 0.05) is 25.2 Å². The third-order valence-corrected chi connectivity index (χ3v) is 5.19. The summed E-state index contributed by atoms with van der Waals surface area (Å²) in [5, 5.41) is 3.66. The van der Waals surface area contributed by atoms with Gasteiger partial charge < -0.3 is 5.32 Å². The van der Waals surface area contributed by atoms with E-state index in [1.807, 2.05) is 0 Å². The van der Waals surface area contributed by atoms with E-state index >= 15 is 0 Å². The molecule has 2 aliphatic rings. The fraction of sp³-hybridized carbons (Fsp3) is 0.667. The lowest BCUT2D eigenvalue weighted by atomic mass is 9.99. The van der Waals surface area contributed by atoms with E-state index in [0.29, 0.717) is 6.04 Å². The normalized spacial score (nSPS) is 21.3. The van der Waals surface area contributed by atoms with Gasteiger partial charge in [0.25, 0.3) is 0 Å². The van der Waals surface area contributed by atoms with Gasteiger partial charge in [0.15, 0.2) is 0 Å². The number of likely N-dealkylation sites (tertiary alicyclic amines) is 1. The monoisotopic (exact) mass is 362 g/mol.